The van der Waals surface area contributed by atoms with Crippen LogP contribution in [0.1, 0.15) is 43.4 Å². The van der Waals surface area contributed by atoms with Crippen LogP contribution in [0.5, 0.6) is 0 Å². The van der Waals surface area contributed by atoms with Crippen LogP contribution in [-0.4, -0.2) is 42.9 Å². The Bertz CT molecular complexity index is 540. The first-order valence-corrected chi connectivity index (χ1v) is 8.28. The van der Waals surface area contributed by atoms with E-state index in [0.29, 0.717) is 12.5 Å². The van der Waals surface area contributed by atoms with Crippen molar-refractivity contribution in [2.45, 2.75) is 45.2 Å². The number of amides is 2. The van der Waals surface area contributed by atoms with Gasteiger partial charge in [0.05, 0.1) is 12.5 Å². The molecule has 6 heteroatoms. The number of rotatable bonds is 5. The molecule has 0 radical (unpaired) electrons. The Hall–Kier alpha value is -1.59. The number of hydrogen-bond donors (Lipinski definition) is 2. The quantitative estimate of drug-likeness (QED) is 0.853. The number of likely N-dealkylation sites (tertiary alicyclic amines) is 1. The Morgan fingerprint density at radius 1 is 1.21 bits per heavy atom. The summed E-state index contributed by atoms with van der Waals surface area (Å²) >= 11 is 0. The summed E-state index contributed by atoms with van der Waals surface area (Å²) in [6.07, 6.45) is 2.28. The normalized spacial score (nSPS) is 16.2. The van der Waals surface area contributed by atoms with Gasteiger partial charge in [0.25, 0.3) is 0 Å². The van der Waals surface area contributed by atoms with Gasteiger partial charge in [-0.3, -0.25) is 9.59 Å². The molecule has 24 heavy (non-hydrogen) atoms. The van der Waals surface area contributed by atoms with E-state index in [-0.39, 0.29) is 30.3 Å². The number of carbonyl (C=O) groups is 2. The minimum atomic E-state index is -0.261. The molecule has 2 N–H and O–H groups in total. The fourth-order valence-electron chi connectivity index (χ4n) is 3.02. The molecule has 1 aromatic rings. The maximum Gasteiger partial charge on any atom is 0.224 e. The largest absolute Gasteiger partial charge is 0.349 e. The van der Waals surface area contributed by atoms with Gasteiger partial charge in [-0.25, -0.2) is 0 Å². The summed E-state index contributed by atoms with van der Waals surface area (Å²) in [5.74, 6) is -0.00357. The van der Waals surface area contributed by atoms with Gasteiger partial charge in [-0.05, 0) is 32.4 Å². The summed E-state index contributed by atoms with van der Waals surface area (Å²) in [5.41, 5.74) is 2.14. The van der Waals surface area contributed by atoms with Gasteiger partial charge in [0.1, 0.15) is 0 Å². The molecule has 2 amide bonds. The third kappa shape index (κ3) is 5.80. The van der Waals surface area contributed by atoms with Crippen LogP contribution in [0.4, 0.5) is 0 Å². The van der Waals surface area contributed by atoms with E-state index in [4.69, 9.17) is 0 Å². The Balaban J connectivity index is 0.00000288. The first-order valence-electron chi connectivity index (χ1n) is 8.28. The molecule has 0 spiro atoms. The average molecular weight is 354 g/mol. The smallest absolute Gasteiger partial charge is 0.224 e. The van der Waals surface area contributed by atoms with E-state index in [0.717, 1.165) is 37.1 Å². The predicted molar refractivity (Wildman–Crippen MR) is 98.3 cm³/mol. The van der Waals surface area contributed by atoms with Crippen molar-refractivity contribution >= 4 is 24.2 Å². The number of piperidine rings is 1. The highest BCUT2D eigenvalue weighted by atomic mass is 35.5. The molecule has 1 heterocycles. The number of hydrogen-bond acceptors (Lipinski definition) is 3. The van der Waals surface area contributed by atoms with Gasteiger partial charge in [0.2, 0.25) is 11.8 Å². The van der Waals surface area contributed by atoms with Crippen molar-refractivity contribution in [3.8, 4) is 0 Å². The van der Waals surface area contributed by atoms with Gasteiger partial charge in [-0.2, -0.15) is 0 Å². The number of nitrogens with zero attached hydrogens (tertiary/aromatic N) is 1. The molecule has 1 aliphatic heterocycles. The van der Waals surface area contributed by atoms with Crippen LogP contribution in [-0.2, 0) is 9.59 Å². The van der Waals surface area contributed by atoms with Crippen molar-refractivity contribution in [1.29, 1.82) is 0 Å². The van der Waals surface area contributed by atoms with E-state index in [1.807, 2.05) is 43.1 Å². The van der Waals surface area contributed by atoms with Crippen LogP contribution in [0.2, 0.25) is 0 Å². The van der Waals surface area contributed by atoms with Gasteiger partial charge >= 0.3 is 0 Å². The molecule has 134 valence electrons. The molecule has 0 saturated carbocycles. The molecule has 1 unspecified atom stereocenters. The zero-order valence-corrected chi connectivity index (χ0v) is 15.5. The second kappa shape index (κ2) is 9.64. The monoisotopic (exact) mass is 353 g/mol. The van der Waals surface area contributed by atoms with Crippen molar-refractivity contribution in [2.75, 3.05) is 20.1 Å². The molecule has 0 aliphatic carbocycles. The second-order valence-corrected chi connectivity index (χ2v) is 6.31. The van der Waals surface area contributed by atoms with E-state index in [1.165, 1.54) is 6.92 Å². The molecule has 5 nitrogen and oxygen atoms in total. The third-order valence-electron chi connectivity index (χ3n) is 4.49. The molecular weight excluding hydrogens is 326 g/mol. The SMILES string of the molecule is CNC1CCN(C(=O)CC(NC(C)=O)c2ccc(C)cc2)CC1.Cl. The van der Waals surface area contributed by atoms with Gasteiger partial charge in [-0.1, -0.05) is 29.8 Å². The fraction of sp³-hybridized carbons (Fsp3) is 0.556. The highest BCUT2D eigenvalue weighted by molar-refractivity contribution is 5.85. The number of aryl methyl sites for hydroxylation is 1. The molecule has 1 fully saturated rings. The van der Waals surface area contributed by atoms with E-state index < -0.39 is 0 Å². The second-order valence-electron chi connectivity index (χ2n) is 6.31. The average Bonchev–Trinajstić information content (AvgIpc) is 2.54. The minimum Gasteiger partial charge on any atom is -0.349 e. The zero-order chi connectivity index (χ0) is 16.8. The molecule has 0 aromatic heterocycles. The van der Waals surface area contributed by atoms with Crippen LogP contribution in [0.15, 0.2) is 24.3 Å². The first-order chi connectivity index (χ1) is 11.0. The van der Waals surface area contributed by atoms with Crippen molar-refractivity contribution in [3.63, 3.8) is 0 Å². The van der Waals surface area contributed by atoms with Crippen molar-refractivity contribution in [3.05, 3.63) is 35.4 Å². The van der Waals surface area contributed by atoms with Gasteiger partial charge in [0.15, 0.2) is 0 Å². The Kier molecular flexibility index (Phi) is 8.22. The predicted octanol–water partition coefficient (Wildman–Crippen LogP) is 2.19. The first kappa shape index (κ1) is 20.5. The molecular formula is C18H28ClN3O2. The number of carbonyl (C=O) groups excluding carboxylic acids is 2. The van der Waals surface area contributed by atoms with Crippen LogP contribution in [0, 0.1) is 6.92 Å². The standard InChI is InChI=1S/C18H27N3O2.ClH/c1-13-4-6-15(7-5-13)17(20-14(2)22)12-18(23)21-10-8-16(19-3)9-11-21;/h4-7,16-17,19H,8-12H2,1-3H3,(H,20,22);1H. The topological polar surface area (TPSA) is 61.4 Å². The van der Waals surface area contributed by atoms with E-state index >= 15 is 0 Å². The maximum absolute atomic E-state index is 12.6. The zero-order valence-electron chi connectivity index (χ0n) is 14.7. The van der Waals surface area contributed by atoms with Crippen LogP contribution in [0.25, 0.3) is 0 Å². The Labute approximate surface area is 150 Å². The Morgan fingerprint density at radius 3 is 2.29 bits per heavy atom. The molecule has 0 bridgehead atoms. The molecule has 2 rings (SSSR count). The highest BCUT2D eigenvalue weighted by Gasteiger charge is 2.25. The van der Waals surface area contributed by atoms with Gasteiger partial charge in [-0.15, -0.1) is 12.4 Å². The van der Waals surface area contributed by atoms with E-state index in [9.17, 15) is 9.59 Å². The third-order valence-corrected chi connectivity index (χ3v) is 4.49. The van der Waals surface area contributed by atoms with Crippen molar-refractivity contribution in [1.82, 2.24) is 15.5 Å². The highest BCUT2D eigenvalue weighted by Crippen LogP contribution is 2.20. The van der Waals surface area contributed by atoms with Crippen LogP contribution < -0.4 is 10.6 Å². The lowest BCUT2D eigenvalue weighted by atomic mass is 10.00. The maximum atomic E-state index is 12.6. The number of nitrogens with one attached hydrogen (secondary N) is 2. The summed E-state index contributed by atoms with van der Waals surface area (Å²) in [6, 6.07) is 8.22. The summed E-state index contributed by atoms with van der Waals surface area (Å²) in [5, 5.41) is 6.17. The van der Waals surface area contributed by atoms with E-state index in [1.54, 1.807) is 0 Å². The van der Waals surface area contributed by atoms with Gasteiger partial charge < -0.3 is 15.5 Å². The number of halogens is 1. The summed E-state index contributed by atoms with van der Waals surface area (Å²) in [4.78, 5) is 26.0. The summed E-state index contributed by atoms with van der Waals surface area (Å²) in [7, 11) is 1.96. The van der Waals surface area contributed by atoms with Crippen LogP contribution >= 0.6 is 12.4 Å². The lowest BCUT2D eigenvalue weighted by Crippen LogP contribution is -2.45. The molecule has 1 atom stereocenters. The van der Waals surface area contributed by atoms with E-state index in [2.05, 4.69) is 10.6 Å². The lowest BCUT2D eigenvalue weighted by molar-refractivity contribution is -0.133. The molecule has 1 saturated heterocycles. The van der Waals surface area contributed by atoms with Crippen molar-refractivity contribution in [2.24, 2.45) is 0 Å². The number of benzene rings is 1. The Morgan fingerprint density at radius 2 is 1.79 bits per heavy atom. The minimum absolute atomic E-state index is 0. The van der Waals surface area contributed by atoms with Crippen LogP contribution in [0.3, 0.4) is 0 Å². The van der Waals surface area contributed by atoms with Crippen molar-refractivity contribution < 1.29 is 9.59 Å². The lowest BCUT2D eigenvalue weighted by Gasteiger charge is -2.33. The fourth-order valence-corrected chi connectivity index (χ4v) is 3.02. The molecule has 1 aliphatic rings. The molecule has 1 aromatic carbocycles. The summed E-state index contributed by atoms with van der Waals surface area (Å²) in [6.45, 7) is 5.08. The van der Waals surface area contributed by atoms with Gasteiger partial charge in [0, 0.05) is 26.1 Å². The summed E-state index contributed by atoms with van der Waals surface area (Å²) < 4.78 is 0.